The SMILES string of the molecule is C=c1cc(C)/c(=C(\c2ccc(-n3cc(-c4ccc(N(CCOCCO)CCOCCO)cc4)nn3)cc2)c2c(C)cc(C)n2B(F)F)[nH]1. The number of hydrogen-bond acceptors (Lipinski definition) is 7. The Morgan fingerprint density at radius 3 is 2.10 bits per heavy atom. The molecule has 2 aromatic carbocycles. The van der Waals surface area contributed by atoms with Crippen molar-refractivity contribution in [3.63, 3.8) is 0 Å². The summed E-state index contributed by atoms with van der Waals surface area (Å²) in [6, 6.07) is 19.2. The van der Waals surface area contributed by atoms with E-state index in [1.165, 1.54) is 0 Å². The molecular formula is C35H41BF2N6O4. The third-order valence-corrected chi connectivity index (χ3v) is 8.10. The molecule has 0 bridgehead atoms. The second-order valence-electron chi connectivity index (χ2n) is 11.5. The summed E-state index contributed by atoms with van der Waals surface area (Å²) in [7, 11) is -2.69. The first-order valence-corrected chi connectivity index (χ1v) is 15.8. The molecule has 0 saturated heterocycles. The average molecular weight is 659 g/mol. The number of halogens is 2. The van der Waals surface area contributed by atoms with Crippen LogP contribution in [0.25, 0.3) is 29.1 Å². The smallest absolute Gasteiger partial charge is 0.394 e. The van der Waals surface area contributed by atoms with E-state index in [1.54, 1.807) is 17.7 Å². The van der Waals surface area contributed by atoms with Crippen LogP contribution in [0, 0.1) is 20.8 Å². The molecule has 10 nitrogen and oxygen atoms in total. The number of aliphatic hydroxyl groups excluding tert-OH is 2. The highest BCUT2D eigenvalue weighted by atomic mass is 19.2. The fourth-order valence-corrected chi connectivity index (χ4v) is 5.87. The standard InChI is InChI=1S/C35H41BF2N6O4/c1-24-21-26(3)39-34(24)33(35-25(2)22-27(4)44(35)36(37)38)29-7-11-31(12-8-29)43-23-32(40-41-43)28-5-9-30(10-6-28)42(13-17-47-19-15-45)14-18-48-20-16-46/h5-12,21-23,39,45-46H,3,13-20H2,1-2,4H3/b34-33-. The van der Waals surface area contributed by atoms with Crippen molar-refractivity contribution in [2.45, 2.75) is 20.8 Å². The normalized spacial score (nSPS) is 12.1. The number of hydrogen-bond donors (Lipinski definition) is 3. The number of aromatic nitrogens is 5. The van der Waals surface area contributed by atoms with Crippen LogP contribution in [0.4, 0.5) is 14.3 Å². The number of anilines is 1. The Balaban J connectivity index is 1.40. The fraction of sp³-hybridized carbons (Fsp3) is 0.314. The number of nitrogens with zero attached hydrogens (tertiary/aromatic N) is 5. The van der Waals surface area contributed by atoms with Crippen LogP contribution < -0.4 is 15.6 Å². The number of benzene rings is 2. The molecule has 3 N–H and O–H groups in total. The van der Waals surface area contributed by atoms with E-state index in [2.05, 4.69) is 26.8 Å². The summed E-state index contributed by atoms with van der Waals surface area (Å²) in [5.41, 5.74) is 7.38. The molecule has 0 radical (unpaired) electrons. The van der Waals surface area contributed by atoms with Gasteiger partial charge in [0.05, 0.1) is 56.9 Å². The lowest BCUT2D eigenvalue weighted by Crippen LogP contribution is -2.31. The largest absolute Gasteiger partial charge is 0.677 e. The van der Waals surface area contributed by atoms with Crippen molar-refractivity contribution in [3.8, 4) is 16.9 Å². The molecule has 13 heteroatoms. The lowest BCUT2D eigenvalue weighted by Gasteiger charge is -2.25. The van der Waals surface area contributed by atoms with Crippen LogP contribution >= 0.6 is 0 Å². The highest BCUT2D eigenvalue weighted by Gasteiger charge is 2.27. The predicted molar refractivity (Wildman–Crippen MR) is 184 cm³/mol. The molecule has 0 aliphatic carbocycles. The Bertz CT molecular complexity index is 1890. The van der Waals surface area contributed by atoms with Crippen LogP contribution in [0.2, 0.25) is 0 Å². The van der Waals surface area contributed by atoms with Crippen LogP contribution in [0.1, 0.15) is 28.1 Å². The molecule has 0 atom stereocenters. The molecule has 0 spiro atoms. The summed E-state index contributed by atoms with van der Waals surface area (Å²) in [5.74, 6) is 0. The van der Waals surface area contributed by atoms with Gasteiger partial charge in [-0.05, 0) is 73.9 Å². The number of nitrogens with one attached hydrogen (secondary N) is 1. The predicted octanol–water partition coefficient (Wildman–Crippen LogP) is 3.24. The molecule has 5 rings (SSSR count). The minimum Gasteiger partial charge on any atom is -0.394 e. The van der Waals surface area contributed by atoms with Gasteiger partial charge in [-0.15, -0.1) is 5.10 Å². The highest BCUT2D eigenvalue weighted by molar-refractivity contribution is 6.41. The van der Waals surface area contributed by atoms with Gasteiger partial charge in [-0.2, -0.15) is 0 Å². The molecule has 0 aliphatic heterocycles. The van der Waals surface area contributed by atoms with Gasteiger partial charge in [-0.25, -0.2) is 4.68 Å². The second kappa shape index (κ2) is 16.0. The van der Waals surface area contributed by atoms with Gasteiger partial charge in [0.15, 0.2) is 0 Å². The Morgan fingerprint density at radius 2 is 1.54 bits per heavy atom. The van der Waals surface area contributed by atoms with E-state index in [1.807, 2.05) is 74.6 Å². The minimum atomic E-state index is -2.69. The third-order valence-electron chi connectivity index (χ3n) is 8.10. The van der Waals surface area contributed by atoms with Gasteiger partial charge in [-0.1, -0.05) is 36.1 Å². The van der Waals surface area contributed by atoms with Crippen LogP contribution in [0.15, 0.2) is 66.9 Å². The van der Waals surface area contributed by atoms with Crippen molar-refractivity contribution in [3.05, 3.63) is 106 Å². The Kier molecular flexibility index (Phi) is 11.6. The zero-order chi connectivity index (χ0) is 34.2. The lowest BCUT2D eigenvalue weighted by molar-refractivity contribution is 0.0884. The molecule has 0 saturated carbocycles. The van der Waals surface area contributed by atoms with Crippen molar-refractivity contribution >= 4 is 25.2 Å². The molecule has 3 heterocycles. The van der Waals surface area contributed by atoms with Crippen molar-refractivity contribution in [2.24, 2.45) is 0 Å². The Hall–Kier alpha value is -4.56. The van der Waals surface area contributed by atoms with E-state index in [9.17, 15) is 8.63 Å². The Morgan fingerprint density at radius 1 is 0.896 bits per heavy atom. The van der Waals surface area contributed by atoms with Crippen LogP contribution in [-0.4, -0.2) is 94.8 Å². The van der Waals surface area contributed by atoms with E-state index in [4.69, 9.17) is 19.7 Å². The zero-order valence-corrected chi connectivity index (χ0v) is 27.5. The van der Waals surface area contributed by atoms with E-state index in [0.29, 0.717) is 54.3 Å². The van der Waals surface area contributed by atoms with Gasteiger partial charge < -0.3 is 34.0 Å². The van der Waals surface area contributed by atoms with Gasteiger partial charge in [0.2, 0.25) is 0 Å². The number of H-pyrrole nitrogens is 1. The van der Waals surface area contributed by atoms with Gasteiger partial charge in [0.25, 0.3) is 0 Å². The third kappa shape index (κ3) is 7.93. The summed E-state index contributed by atoms with van der Waals surface area (Å²) in [5, 5.41) is 28.2. The van der Waals surface area contributed by atoms with Crippen molar-refractivity contribution in [2.75, 3.05) is 57.6 Å². The van der Waals surface area contributed by atoms with Gasteiger partial charge in [-0.3, -0.25) is 8.63 Å². The number of rotatable bonds is 16. The molecule has 5 aromatic rings. The van der Waals surface area contributed by atoms with Crippen LogP contribution in [0.5, 0.6) is 0 Å². The van der Waals surface area contributed by atoms with E-state index in [-0.39, 0.29) is 26.4 Å². The fourth-order valence-electron chi connectivity index (χ4n) is 5.87. The summed E-state index contributed by atoms with van der Waals surface area (Å²) in [4.78, 5) is 5.41. The number of aromatic amines is 1. The first kappa shape index (κ1) is 34.8. The molecule has 3 aromatic heterocycles. The average Bonchev–Trinajstić information content (AvgIpc) is 3.77. The quantitative estimate of drug-likeness (QED) is 0.110. The maximum Gasteiger partial charge on any atom is 0.677 e. The molecule has 0 amide bonds. The monoisotopic (exact) mass is 658 g/mol. The molecule has 0 aliphatic rings. The van der Waals surface area contributed by atoms with Crippen LogP contribution in [-0.2, 0) is 9.47 Å². The summed E-state index contributed by atoms with van der Waals surface area (Å²) in [6.07, 6.45) is 1.84. The van der Waals surface area contributed by atoms with E-state index in [0.717, 1.165) is 43.5 Å². The van der Waals surface area contributed by atoms with E-state index >= 15 is 0 Å². The van der Waals surface area contributed by atoms with E-state index < -0.39 is 7.40 Å². The maximum absolute atomic E-state index is 14.3. The number of aryl methyl sites for hydroxylation is 3. The first-order valence-electron chi connectivity index (χ1n) is 15.8. The first-order chi connectivity index (χ1) is 23.2. The number of aliphatic hydroxyl groups is 2. The maximum atomic E-state index is 14.3. The molecule has 252 valence electrons. The zero-order valence-electron chi connectivity index (χ0n) is 27.5. The summed E-state index contributed by atoms with van der Waals surface area (Å²) in [6.45, 7) is 12.1. The van der Waals surface area contributed by atoms with Crippen LogP contribution in [0.3, 0.4) is 0 Å². The molecule has 48 heavy (non-hydrogen) atoms. The second-order valence-corrected chi connectivity index (χ2v) is 11.5. The summed E-state index contributed by atoms with van der Waals surface area (Å²) >= 11 is 0. The van der Waals surface area contributed by atoms with Gasteiger partial charge in [0.1, 0.15) is 5.69 Å². The lowest BCUT2D eigenvalue weighted by atomic mass is 9.97. The molecule has 0 fully saturated rings. The van der Waals surface area contributed by atoms with Gasteiger partial charge >= 0.3 is 7.40 Å². The van der Waals surface area contributed by atoms with Crippen molar-refractivity contribution < 1.29 is 28.3 Å². The van der Waals surface area contributed by atoms with Crippen molar-refractivity contribution in [1.29, 1.82) is 0 Å². The van der Waals surface area contributed by atoms with Crippen molar-refractivity contribution in [1.82, 2.24) is 24.5 Å². The highest BCUT2D eigenvalue weighted by Crippen LogP contribution is 2.29. The Labute approximate surface area is 278 Å². The molecule has 0 unspecified atom stereocenters. The topological polar surface area (TPSA) is 114 Å². The minimum absolute atomic E-state index is 0.0289. The summed E-state index contributed by atoms with van der Waals surface area (Å²) < 4.78 is 42.3. The van der Waals surface area contributed by atoms with Gasteiger partial charge in [0, 0.05) is 46.7 Å². The number of ether oxygens (including phenoxy) is 2. The molecular weight excluding hydrogens is 617 g/mol.